The quantitative estimate of drug-likeness (QED) is 0.161. The molecule has 0 atom stereocenters. The van der Waals surface area contributed by atoms with Gasteiger partial charge in [0, 0.05) is 22.1 Å². The molecule has 1 heterocycles. The minimum absolute atomic E-state index is 0.162. The summed E-state index contributed by atoms with van der Waals surface area (Å²) in [5.74, 6) is 0. The molecule has 11 rings (SSSR count). The van der Waals surface area contributed by atoms with Gasteiger partial charge in [0.1, 0.15) is 11.2 Å². The lowest BCUT2D eigenvalue weighted by Gasteiger charge is -2.26. The molecule has 0 amide bonds. The van der Waals surface area contributed by atoms with Crippen LogP contribution in [0.1, 0.15) is 17.8 Å². The van der Waals surface area contributed by atoms with Crippen molar-refractivity contribution in [3.63, 3.8) is 0 Å². The monoisotopic (exact) mass is 752 g/mol. The first kappa shape index (κ1) is 22.8. The topological polar surface area (TPSA) is 16.4 Å². The van der Waals surface area contributed by atoms with Crippen molar-refractivity contribution in [2.45, 2.75) is 0 Å². The fraction of sp³-hybridized carbons (Fsp3) is 0. The number of furan rings is 1. The van der Waals surface area contributed by atoms with Gasteiger partial charge in [-0.05, 0) is 103 Å². The first-order valence-electron chi connectivity index (χ1n) is 25.3. The Morgan fingerprint density at radius 2 is 0.914 bits per heavy atom. The summed E-state index contributed by atoms with van der Waals surface area (Å²) in [6.07, 6.45) is 0. The van der Waals surface area contributed by atoms with E-state index in [1.807, 2.05) is 91.0 Å². The lowest BCUT2D eigenvalue weighted by Crippen LogP contribution is -2.10. The molecule has 0 N–H and O–H groups in total. The third kappa shape index (κ3) is 5.91. The highest BCUT2D eigenvalue weighted by atomic mass is 16.3. The minimum Gasteiger partial charge on any atom is -0.455 e. The van der Waals surface area contributed by atoms with Crippen LogP contribution >= 0.6 is 0 Å². The molecule has 10 aromatic carbocycles. The van der Waals surface area contributed by atoms with E-state index in [4.69, 9.17) is 16.8 Å². The van der Waals surface area contributed by atoms with Crippen molar-refractivity contribution < 1.29 is 22.2 Å². The third-order valence-corrected chi connectivity index (χ3v) is 10.5. The summed E-state index contributed by atoms with van der Waals surface area (Å²) in [6, 6.07) is 38.3. The van der Waals surface area contributed by atoms with E-state index in [1.54, 1.807) is 11.0 Å². The van der Waals surface area contributed by atoms with E-state index >= 15 is 0 Å². The van der Waals surface area contributed by atoms with E-state index in [1.165, 1.54) is 0 Å². The Kier molecular flexibility index (Phi) is 5.54. The molecule has 11 aromatic rings. The summed E-state index contributed by atoms with van der Waals surface area (Å²) in [4.78, 5) is 1.64. The Balaban J connectivity index is 1.09. The van der Waals surface area contributed by atoms with Gasteiger partial charge in [0.25, 0.3) is 0 Å². The van der Waals surface area contributed by atoms with Gasteiger partial charge in [0.05, 0.1) is 28.9 Å². The van der Waals surface area contributed by atoms with Crippen molar-refractivity contribution in [3.8, 4) is 44.5 Å². The van der Waals surface area contributed by atoms with Gasteiger partial charge in [-0.2, -0.15) is 0 Å². The Hall–Kier alpha value is -7.68. The molecule has 0 aliphatic carbocycles. The Morgan fingerprint density at radius 3 is 1.62 bits per heavy atom. The summed E-state index contributed by atoms with van der Waals surface area (Å²) < 4.78 is 123. The van der Waals surface area contributed by atoms with Gasteiger partial charge < -0.3 is 9.32 Å². The second-order valence-electron chi connectivity index (χ2n) is 13.9. The molecule has 0 fully saturated rings. The van der Waals surface area contributed by atoms with Crippen LogP contribution in [-0.4, -0.2) is 0 Å². The van der Waals surface area contributed by atoms with Crippen LogP contribution in [0.3, 0.4) is 0 Å². The van der Waals surface area contributed by atoms with E-state index in [9.17, 15) is 5.48 Å². The maximum Gasteiger partial charge on any atom is 0.143 e. The second kappa shape index (κ2) is 14.1. The summed E-state index contributed by atoms with van der Waals surface area (Å²) >= 11 is 0. The van der Waals surface area contributed by atoms with E-state index in [-0.39, 0.29) is 5.69 Å². The van der Waals surface area contributed by atoms with Crippen molar-refractivity contribution in [1.29, 1.82) is 0 Å². The SMILES string of the molecule is [2H]c1c([2H])c([2H])c(-c2c([2H])c([2H])c(-c3c([2H])c([2H])c(N(c4ccc(-c5ccc(-c6cccc7ccccc67)cc5)cc4)c4cccc5oc6c7ccccc7ccc6c45)c([2H])c3[2H])c([2H])c2[2H])c([2H])c1[2H]. The fourth-order valence-electron chi connectivity index (χ4n) is 7.71. The van der Waals surface area contributed by atoms with Gasteiger partial charge in [0.15, 0.2) is 0 Å². The molecule has 2 nitrogen and oxygen atoms in total. The standard InChI is InChI=1S/C56H37NO/c1-2-10-38(11-3-1)39-20-22-40(23-21-39)42-28-33-47(34-29-42)57(53-18-9-19-54-55(53)52-37-32-45-13-5-7-16-51(45)56(52)58-54)48-35-30-43(31-36-48)41-24-26-46(27-25-41)50-17-8-14-44-12-4-6-15-49(44)50/h1-37H/i1D,2D,3D,10D,11D,20D,21D,22D,23D,28D,29D,33D,34D. The molecule has 0 aliphatic rings. The molecule has 1 aromatic heterocycles. The number of nitrogens with zero attached hydrogens (tertiary/aromatic N) is 1. The van der Waals surface area contributed by atoms with Crippen molar-refractivity contribution in [2.75, 3.05) is 4.90 Å². The number of benzene rings is 10. The van der Waals surface area contributed by atoms with Crippen molar-refractivity contribution in [1.82, 2.24) is 0 Å². The second-order valence-corrected chi connectivity index (χ2v) is 13.9. The van der Waals surface area contributed by atoms with Crippen molar-refractivity contribution in [2.24, 2.45) is 0 Å². The highest BCUT2D eigenvalue weighted by Crippen LogP contribution is 2.45. The number of fused-ring (bicyclic) bond motifs is 6. The minimum atomic E-state index is -0.781. The van der Waals surface area contributed by atoms with Gasteiger partial charge in [0.2, 0.25) is 0 Å². The largest absolute Gasteiger partial charge is 0.455 e. The number of rotatable bonds is 7. The van der Waals surface area contributed by atoms with Gasteiger partial charge in [-0.1, -0.05) is 182 Å². The zero-order valence-electron chi connectivity index (χ0n) is 43.7. The lowest BCUT2D eigenvalue weighted by molar-refractivity contribution is 0.672. The average molecular weight is 753 g/mol. The average Bonchev–Trinajstić information content (AvgIpc) is 3.79. The maximum atomic E-state index is 9.68. The molecular weight excluding hydrogens is 703 g/mol. The summed E-state index contributed by atoms with van der Waals surface area (Å²) in [5, 5.41) is 5.52. The normalized spacial score (nSPS) is 14.6. The molecule has 0 aliphatic heterocycles. The molecule has 272 valence electrons. The molecule has 0 bridgehead atoms. The van der Waals surface area contributed by atoms with E-state index in [0.29, 0.717) is 27.9 Å². The van der Waals surface area contributed by atoms with Gasteiger partial charge in [-0.25, -0.2) is 0 Å². The lowest BCUT2D eigenvalue weighted by atomic mass is 9.96. The van der Waals surface area contributed by atoms with Crippen LogP contribution in [0.25, 0.3) is 88.0 Å². The first-order chi connectivity index (χ1) is 34.2. The Labute approximate surface area is 355 Å². The highest BCUT2D eigenvalue weighted by Gasteiger charge is 2.20. The molecule has 0 spiro atoms. The zero-order valence-corrected chi connectivity index (χ0v) is 30.7. The van der Waals surface area contributed by atoms with Crippen LogP contribution in [0.5, 0.6) is 0 Å². The predicted octanol–water partition coefficient (Wildman–Crippen LogP) is 16.0. The molecule has 0 saturated carbocycles. The number of hydrogen-bond acceptors (Lipinski definition) is 2. The molecule has 0 radical (unpaired) electrons. The van der Waals surface area contributed by atoms with Crippen LogP contribution < -0.4 is 4.90 Å². The summed E-state index contributed by atoms with van der Waals surface area (Å²) in [6.45, 7) is 0. The van der Waals surface area contributed by atoms with Crippen LogP contribution in [0.2, 0.25) is 0 Å². The van der Waals surface area contributed by atoms with Gasteiger partial charge in [-0.3, -0.25) is 0 Å². The van der Waals surface area contributed by atoms with Crippen molar-refractivity contribution in [3.05, 3.63) is 224 Å². The Morgan fingerprint density at radius 1 is 0.362 bits per heavy atom. The molecular formula is C56H37NO. The van der Waals surface area contributed by atoms with Crippen LogP contribution in [-0.2, 0) is 0 Å². The molecule has 0 unspecified atom stereocenters. The molecule has 0 saturated heterocycles. The molecule has 58 heavy (non-hydrogen) atoms. The van der Waals surface area contributed by atoms with Crippen LogP contribution in [0, 0.1) is 0 Å². The van der Waals surface area contributed by atoms with Gasteiger partial charge >= 0.3 is 0 Å². The maximum absolute atomic E-state index is 9.68. The van der Waals surface area contributed by atoms with Crippen LogP contribution in [0.4, 0.5) is 17.1 Å². The van der Waals surface area contributed by atoms with E-state index in [0.717, 1.165) is 49.2 Å². The van der Waals surface area contributed by atoms with Crippen molar-refractivity contribution >= 4 is 60.5 Å². The van der Waals surface area contributed by atoms with E-state index in [2.05, 4.69) is 48.5 Å². The predicted molar refractivity (Wildman–Crippen MR) is 245 cm³/mol. The zero-order chi connectivity index (χ0) is 49.7. The summed E-state index contributed by atoms with van der Waals surface area (Å²) in [7, 11) is 0. The van der Waals surface area contributed by atoms with Gasteiger partial charge in [-0.15, -0.1) is 0 Å². The smallest absolute Gasteiger partial charge is 0.143 e. The number of hydrogen-bond donors (Lipinski definition) is 0. The molecule has 2 heteroatoms. The van der Waals surface area contributed by atoms with E-state index < -0.39 is 101 Å². The fourth-order valence-corrected chi connectivity index (χ4v) is 7.71. The number of anilines is 3. The first-order valence-corrected chi connectivity index (χ1v) is 18.8. The third-order valence-electron chi connectivity index (χ3n) is 10.5. The highest BCUT2D eigenvalue weighted by molar-refractivity contribution is 6.19. The summed E-state index contributed by atoms with van der Waals surface area (Å²) in [5.41, 5.74) is 3.77. The van der Waals surface area contributed by atoms with Crippen LogP contribution in [0.15, 0.2) is 229 Å². The Bertz CT molecular complexity index is 3950.